The summed E-state index contributed by atoms with van der Waals surface area (Å²) in [6.07, 6.45) is 5.42. The highest BCUT2D eigenvalue weighted by molar-refractivity contribution is 5.20. The van der Waals surface area contributed by atoms with Gasteiger partial charge in [-0.05, 0) is 37.2 Å². The molecule has 2 fully saturated rings. The van der Waals surface area contributed by atoms with E-state index in [1.165, 1.54) is 37.8 Å². The molecule has 2 nitrogen and oxygen atoms in total. The van der Waals surface area contributed by atoms with Gasteiger partial charge in [-0.2, -0.15) is 0 Å². The van der Waals surface area contributed by atoms with Crippen molar-refractivity contribution in [3.63, 3.8) is 0 Å². The molecule has 110 valence electrons. The van der Waals surface area contributed by atoms with E-state index < -0.39 is 0 Å². The standard InChI is InChI=1S/C18H28N2/c1-3-16-13-20(17-10-9-14(2)11-17)18(12-19-16)15-7-5-4-6-8-15/h4-8,14,16-19H,3,9-13H2,1-2H3. The molecule has 1 aromatic carbocycles. The lowest BCUT2D eigenvalue weighted by Gasteiger charge is -2.44. The van der Waals surface area contributed by atoms with Crippen molar-refractivity contribution in [1.29, 1.82) is 0 Å². The van der Waals surface area contributed by atoms with Gasteiger partial charge in [-0.15, -0.1) is 0 Å². The van der Waals surface area contributed by atoms with Crippen LogP contribution in [0.4, 0.5) is 0 Å². The quantitative estimate of drug-likeness (QED) is 0.904. The Morgan fingerprint density at radius 1 is 1.20 bits per heavy atom. The molecule has 0 amide bonds. The first-order chi connectivity index (χ1) is 9.78. The highest BCUT2D eigenvalue weighted by atomic mass is 15.3. The first-order valence-electron chi connectivity index (χ1n) is 8.32. The molecule has 0 radical (unpaired) electrons. The minimum absolute atomic E-state index is 0.564. The van der Waals surface area contributed by atoms with Crippen molar-refractivity contribution >= 4 is 0 Å². The van der Waals surface area contributed by atoms with Gasteiger partial charge in [0.25, 0.3) is 0 Å². The Morgan fingerprint density at radius 2 is 2.00 bits per heavy atom. The molecular formula is C18H28N2. The van der Waals surface area contributed by atoms with E-state index in [1.54, 1.807) is 0 Å². The smallest absolute Gasteiger partial charge is 0.0476 e. The predicted octanol–water partition coefficient (Wildman–Crippen LogP) is 3.60. The maximum Gasteiger partial charge on any atom is 0.0476 e. The van der Waals surface area contributed by atoms with Gasteiger partial charge in [0, 0.05) is 31.2 Å². The van der Waals surface area contributed by atoms with Crippen LogP contribution in [0.15, 0.2) is 30.3 Å². The van der Waals surface area contributed by atoms with E-state index in [0.717, 1.165) is 18.5 Å². The van der Waals surface area contributed by atoms with Gasteiger partial charge in [0.1, 0.15) is 0 Å². The van der Waals surface area contributed by atoms with Crippen molar-refractivity contribution in [3.05, 3.63) is 35.9 Å². The number of nitrogens with one attached hydrogen (secondary N) is 1. The summed E-state index contributed by atoms with van der Waals surface area (Å²) < 4.78 is 0. The van der Waals surface area contributed by atoms with Crippen molar-refractivity contribution in [2.24, 2.45) is 5.92 Å². The molecule has 20 heavy (non-hydrogen) atoms. The first kappa shape index (κ1) is 14.1. The average Bonchev–Trinajstić information content (AvgIpc) is 2.94. The molecule has 2 aliphatic rings. The van der Waals surface area contributed by atoms with E-state index in [1.807, 2.05) is 0 Å². The SMILES string of the molecule is CCC1CN(C2CCC(C)C2)C(c2ccccc2)CN1. The van der Waals surface area contributed by atoms with Crippen LogP contribution < -0.4 is 5.32 Å². The Hall–Kier alpha value is -0.860. The fourth-order valence-electron chi connectivity index (χ4n) is 3.98. The van der Waals surface area contributed by atoms with Crippen LogP contribution in [0.1, 0.15) is 51.1 Å². The lowest BCUT2D eigenvalue weighted by Crippen LogP contribution is -2.54. The van der Waals surface area contributed by atoms with Gasteiger partial charge in [-0.25, -0.2) is 0 Å². The summed E-state index contributed by atoms with van der Waals surface area (Å²) in [4.78, 5) is 2.81. The van der Waals surface area contributed by atoms with Crippen LogP contribution in [0.25, 0.3) is 0 Å². The van der Waals surface area contributed by atoms with E-state index in [9.17, 15) is 0 Å². The second kappa shape index (κ2) is 6.28. The van der Waals surface area contributed by atoms with Gasteiger partial charge in [0.05, 0.1) is 0 Å². The lowest BCUT2D eigenvalue weighted by molar-refractivity contribution is 0.0804. The predicted molar refractivity (Wildman–Crippen MR) is 84.8 cm³/mol. The van der Waals surface area contributed by atoms with Crippen molar-refractivity contribution < 1.29 is 0 Å². The van der Waals surface area contributed by atoms with Crippen LogP contribution in [0.5, 0.6) is 0 Å². The summed E-state index contributed by atoms with van der Waals surface area (Å²) in [6, 6.07) is 13.1. The second-order valence-corrected chi connectivity index (χ2v) is 6.71. The zero-order chi connectivity index (χ0) is 13.9. The summed E-state index contributed by atoms with van der Waals surface area (Å²) in [5.41, 5.74) is 1.48. The normalized spacial score (nSPS) is 35.3. The second-order valence-electron chi connectivity index (χ2n) is 6.71. The van der Waals surface area contributed by atoms with Gasteiger partial charge < -0.3 is 5.32 Å². The molecule has 1 heterocycles. The number of hydrogen-bond donors (Lipinski definition) is 1. The summed E-state index contributed by atoms with van der Waals surface area (Å²) in [6.45, 7) is 7.04. The van der Waals surface area contributed by atoms with Crippen LogP contribution in [-0.4, -0.2) is 30.1 Å². The fraction of sp³-hybridized carbons (Fsp3) is 0.667. The summed E-state index contributed by atoms with van der Waals surface area (Å²) in [7, 11) is 0. The van der Waals surface area contributed by atoms with E-state index in [-0.39, 0.29) is 0 Å². The number of nitrogens with zero attached hydrogens (tertiary/aromatic N) is 1. The van der Waals surface area contributed by atoms with Gasteiger partial charge in [-0.3, -0.25) is 4.90 Å². The molecule has 1 aromatic rings. The van der Waals surface area contributed by atoms with Crippen LogP contribution in [0.3, 0.4) is 0 Å². The van der Waals surface area contributed by atoms with E-state index in [0.29, 0.717) is 12.1 Å². The Labute approximate surface area is 123 Å². The van der Waals surface area contributed by atoms with Crippen molar-refractivity contribution in [2.75, 3.05) is 13.1 Å². The molecule has 1 saturated heterocycles. The molecule has 4 atom stereocenters. The molecule has 0 aromatic heterocycles. The Morgan fingerprint density at radius 3 is 2.65 bits per heavy atom. The molecule has 4 unspecified atom stereocenters. The van der Waals surface area contributed by atoms with Crippen LogP contribution in [0, 0.1) is 5.92 Å². The number of piperazine rings is 1. The topological polar surface area (TPSA) is 15.3 Å². The molecule has 1 aliphatic carbocycles. The van der Waals surface area contributed by atoms with Crippen LogP contribution >= 0.6 is 0 Å². The molecule has 1 N–H and O–H groups in total. The van der Waals surface area contributed by atoms with Gasteiger partial charge in [0.2, 0.25) is 0 Å². The maximum absolute atomic E-state index is 3.74. The van der Waals surface area contributed by atoms with E-state index >= 15 is 0 Å². The minimum Gasteiger partial charge on any atom is -0.311 e. The average molecular weight is 272 g/mol. The molecular weight excluding hydrogens is 244 g/mol. The Bertz CT molecular complexity index is 417. The van der Waals surface area contributed by atoms with Crippen LogP contribution in [0.2, 0.25) is 0 Å². The third kappa shape index (κ3) is 2.91. The molecule has 1 aliphatic heterocycles. The zero-order valence-corrected chi connectivity index (χ0v) is 12.9. The van der Waals surface area contributed by atoms with Gasteiger partial charge in [-0.1, -0.05) is 44.2 Å². The Balaban J connectivity index is 1.80. The Kier molecular flexibility index (Phi) is 4.42. The number of rotatable bonds is 3. The van der Waals surface area contributed by atoms with E-state index in [4.69, 9.17) is 0 Å². The molecule has 2 heteroatoms. The highest BCUT2D eigenvalue weighted by Crippen LogP contribution is 2.35. The fourth-order valence-corrected chi connectivity index (χ4v) is 3.98. The maximum atomic E-state index is 3.74. The highest BCUT2D eigenvalue weighted by Gasteiger charge is 2.35. The monoisotopic (exact) mass is 272 g/mol. The third-order valence-electron chi connectivity index (χ3n) is 5.24. The number of hydrogen-bond acceptors (Lipinski definition) is 2. The first-order valence-corrected chi connectivity index (χ1v) is 8.32. The molecule has 0 spiro atoms. The van der Waals surface area contributed by atoms with Crippen molar-refractivity contribution in [1.82, 2.24) is 10.2 Å². The minimum atomic E-state index is 0.564. The third-order valence-corrected chi connectivity index (χ3v) is 5.24. The lowest BCUT2D eigenvalue weighted by atomic mass is 9.97. The van der Waals surface area contributed by atoms with Gasteiger partial charge in [0.15, 0.2) is 0 Å². The van der Waals surface area contributed by atoms with Gasteiger partial charge >= 0.3 is 0 Å². The molecule has 3 rings (SSSR count). The summed E-state index contributed by atoms with van der Waals surface area (Å²) in [5, 5.41) is 3.74. The molecule has 0 bridgehead atoms. The van der Waals surface area contributed by atoms with Crippen molar-refractivity contribution in [2.45, 2.75) is 57.7 Å². The largest absolute Gasteiger partial charge is 0.311 e. The summed E-state index contributed by atoms with van der Waals surface area (Å²) >= 11 is 0. The number of benzene rings is 1. The zero-order valence-electron chi connectivity index (χ0n) is 12.9. The summed E-state index contributed by atoms with van der Waals surface area (Å²) in [5.74, 6) is 0.909. The molecule has 1 saturated carbocycles. The van der Waals surface area contributed by atoms with E-state index in [2.05, 4.69) is 54.4 Å². The van der Waals surface area contributed by atoms with Crippen molar-refractivity contribution in [3.8, 4) is 0 Å². The van der Waals surface area contributed by atoms with Crippen LogP contribution in [-0.2, 0) is 0 Å².